The molecule has 0 saturated heterocycles. The zero-order valence-electron chi connectivity index (χ0n) is 56.2. The van der Waals surface area contributed by atoms with Crippen LogP contribution < -0.4 is 0 Å². The lowest BCUT2D eigenvalue weighted by molar-refractivity contribution is -0.384. The van der Waals surface area contributed by atoms with Gasteiger partial charge in [-0.25, -0.2) is 18.8 Å². The number of hydrogen-bond acceptors (Lipinski definition) is 15. The summed E-state index contributed by atoms with van der Waals surface area (Å²) in [5.41, 5.74) is 5.93. The Kier molecular flexibility index (Phi) is 28.5. The van der Waals surface area contributed by atoms with Gasteiger partial charge in [0.25, 0.3) is 5.69 Å². The summed E-state index contributed by atoms with van der Waals surface area (Å²) in [7, 11) is 0. The van der Waals surface area contributed by atoms with Gasteiger partial charge < -0.3 is 28.2 Å². The molecule has 9 aromatic rings. The Bertz CT molecular complexity index is 4170. The molecule has 0 bridgehead atoms. The normalized spacial score (nSPS) is 11.6. The number of aromatic nitrogens is 3. The van der Waals surface area contributed by atoms with Gasteiger partial charge in [0, 0.05) is 82.3 Å². The zero-order valence-corrected chi connectivity index (χ0v) is 56.2. The first-order valence-corrected chi connectivity index (χ1v) is 33.3. The third-order valence-corrected chi connectivity index (χ3v) is 16.1. The monoisotopic (exact) mass is 1320 g/mol. The van der Waals surface area contributed by atoms with E-state index in [1.165, 1.54) is 19.1 Å². The van der Waals surface area contributed by atoms with Crippen molar-refractivity contribution >= 4 is 96.6 Å². The van der Waals surface area contributed by atoms with E-state index in [4.69, 9.17) is 14.5 Å². The molecule has 20 heteroatoms. The highest BCUT2D eigenvalue weighted by Gasteiger charge is 2.27. The van der Waals surface area contributed by atoms with Gasteiger partial charge in [-0.1, -0.05) is 206 Å². The van der Waals surface area contributed by atoms with Crippen LogP contribution in [0.2, 0.25) is 0 Å². The van der Waals surface area contributed by atoms with Gasteiger partial charge >= 0.3 is 17.9 Å². The Balaban J connectivity index is 0.000000205. The van der Waals surface area contributed by atoms with E-state index in [1.807, 2.05) is 77.4 Å². The van der Waals surface area contributed by atoms with Crippen molar-refractivity contribution in [1.82, 2.24) is 13.7 Å². The van der Waals surface area contributed by atoms with Crippen molar-refractivity contribution in [2.75, 3.05) is 0 Å². The summed E-state index contributed by atoms with van der Waals surface area (Å²) >= 11 is 0. The van der Waals surface area contributed by atoms with Crippen molar-refractivity contribution in [1.29, 1.82) is 0 Å². The molecule has 0 amide bonds. The van der Waals surface area contributed by atoms with Crippen molar-refractivity contribution < 1.29 is 57.4 Å². The van der Waals surface area contributed by atoms with Crippen LogP contribution in [0, 0.1) is 15.9 Å². The lowest BCUT2D eigenvalue weighted by atomic mass is 10.0. The number of nitrogens with zero attached hydrogens (tertiary/aromatic N) is 7. The minimum Gasteiger partial charge on any atom is -0.318 e. The molecule has 3 aromatic heterocycles. The Morgan fingerprint density at radius 3 is 1.08 bits per heavy atom. The number of ketones is 4. The van der Waals surface area contributed by atoms with Crippen LogP contribution in [-0.4, -0.2) is 76.8 Å². The number of para-hydroxylation sites is 7. The molecule has 0 radical (unpaired) electrons. The SMILES string of the molecule is CCCCCC/C(=N\OC(=O)CC)C(=O)c1cn(-c2ccccc2C(C)=O)c2ccccc12.CCCCCC/C(=N\OC(=O)CC)C(=O)c1cn(-c2ccccc2F)c2ccccc12.CCCCCC/C(=N\OC(=O)CC)C(=O)c1cn(-c2ccccc2[N+](=O)[O-])c2ccccc12. The van der Waals surface area contributed by atoms with E-state index in [0.717, 1.165) is 88.0 Å². The van der Waals surface area contributed by atoms with E-state index in [0.29, 0.717) is 80.4 Å². The highest BCUT2D eigenvalue weighted by molar-refractivity contribution is 6.49. The van der Waals surface area contributed by atoms with E-state index in [-0.39, 0.29) is 71.0 Å². The van der Waals surface area contributed by atoms with E-state index >= 15 is 0 Å². The second-order valence-electron chi connectivity index (χ2n) is 23.0. The number of oxime groups is 3. The molecule has 6 aromatic carbocycles. The number of fused-ring (bicyclic) bond motifs is 3. The summed E-state index contributed by atoms with van der Waals surface area (Å²) in [5.74, 6) is -2.87. The fourth-order valence-electron chi connectivity index (χ4n) is 10.9. The fourth-order valence-corrected chi connectivity index (χ4v) is 10.9. The van der Waals surface area contributed by atoms with Crippen LogP contribution in [0.25, 0.3) is 49.8 Å². The van der Waals surface area contributed by atoms with Gasteiger partial charge in [0.1, 0.15) is 28.6 Å². The number of carbonyl (C=O) groups is 7. The predicted octanol–water partition coefficient (Wildman–Crippen LogP) is 18.5. The minimum absolute atomic E-state index is 0.0547. The summed E-state index contributed by atoms with van der Waals surface area (Å²) in [6.07, 6.45) is 18.2. The zero-order chi connectivity index (χ0) is 69.8. The summed E-state index contributed by atoms with van der Waals surface area (Å²) in [4.78, 5) is 114. The van der Waals surface area contributed by atoms with Crippen molar-refractivity contribution in [3.63, 3.8) is 0 Å². The van der Waals surface area contributed by atoms with E-state index < -0.39 is 22.8 Å². The number of hydrogen-bond donors (Lipinski definition) is 0. The second-order valence-corrected chi connectivity index (χ2v) is 23.0. The number of halogens is 1. The number of carbonyl (C=O) groups excluding carboxylic acids is 7. The molecule has 0 fully saturated rings. The van der Waals surface area contributed by atoms with E-state index in [2.05, 4.69) is 36.2 Å². The van der Waals surface area contributed by atoms with Crippen LogP contribution in [0.5, 0.6) is 0 Å². The van der Waals surface area contributed by atoms with Gasteiger partial charge in [-0.3, -0.25) is 29.3 Å². The molecule has 0 unspecified atom stereocenters. The standard InChI is InChI=1S/C27H30N2O4.C25H27FN2O3.C25H27N3O5/c1-4-6-7-8-15-23(28-33-26(31)5-2)27(32)22-18-29(25-17-12-10-14-21(22)25)24-16-11-9-13-20(24)19(3)30;1-3-5-6-7-14-21(27-31-24(29)4-2)25(30)19-17-28(22-15-10-8-12-18(19)22)23-16-11-9-13-20(23)26;1-3-5-6-7-13-20(26-33-24(29)4-2)25(30)19-17-27(21-14-9-8-12-18(19)21)22-15-10-11-16-23(22)28(31)32/h9-14,16-18H,4-8,15H2,1-3H3;8-13,15-17H,3-7,14H2,1-2H3;8-12,14-17H,3-7,13H2,1-2H3/b28-23+;27-21+;26-20+. The quantitative estimate of drug-likeness (QED) is 0.00954. The van der Waals surface area contributed by atoms with Crippen LogP contribution in [0.3, 0.4) is 0 Å². The number of nitro groups is 1. The van der Waals surface area contributed by atoms with Crippen molar-refractivity contribution in [2.24, 2.45) is 15.5 Å². The van der Waals surface area contributed by atoms with Crippen LogP contribution in [0.15, 0.2) is 180 Å². The van der Waals surface area contributed by atoms with Crippen LogP contribution in [0.4, 0.5) is 10.1 Å². The average Bonchev–Trinajstić information content (AvgIpc) is 1.65. The molecule has 19 nitrogen and oxygen atoms in total. The van der Waals surface area contributed by atoms with Crippen molar-refractivity contribution in [3.8, 4) is 17.1 Å². The molecule has 97 heavy (non-hydrogen) atoms. The Morgan fingerprint density at radius 1 is 0.402 bits per heavy atom. The maximum absolute atomic E-state index is 14.5. The number of nitro benzene ring substituents is 1. The molecule has 9 rings (SSSR count). The first-order chi connectivity index (χ1) is 47.0. The van der Waals surface area contributed by atoms with Crippen LogP contribution in [0.1, 0.15) is 205 Å². The topological polar surface area (TPSA) is 242 Å². The first kappa shape index (κ1) is 73.8. The molecule has 0 atom stereocenters. The third kappa shape index (κ3) is 19.5. The summed E-state index contributed by atoms with van der Waals surface area (Å²) in [5, 5.41) is 25.4. The average molecular weight is 1320 g/mol. The number of benzene rings is 6. The highest BCUT2D eigenvalue weighted by atomic mass is 19.1. The second kappa shape index (κ2) is 37.5. The Labute approximate surface area is 564 Å². The van der Waals surface area contributed by atoms with Gasteiger partial charge in [-0.05, 0) is 94.0 Å². The lowest BCUT2D eigenvalue weighted by Crippen LogP contribution is -2.16. The van der Waals surface area contributed by atoms with Crippen molar-refractivity contribution in [3.05, 3.63) is 202 Å². The smallest absolute Gasteiger partial charge is 0.318 e. The van der Waals surface area contributed by atoms with Gasteiger partial charge in [-0.15, -0.1) is 0 Å². The van der Waals surface area contributed by atoms with Crippen LogP contribution >= 0.6 is 0 Å². The third-order valence-electron chi connectivity index (χ3n) is 16.1. The number of rotatable bonds is 32. The molecule has 0 aliphatic rings. The molecule has 3 heterocycles. The van der Waals surface area contributed by atoms with Gasteiger partial charge in [0.15, 0.2) is 5.78 Å². The van der Waals surface area contributed by atoms with Gasteiger partial charge in [0.05, 0.1) is 32.8 Å². The Morgan fingerprint density at radius 2 is 0.722 bits per heavy atom. The molecule has 0 aliphatic carbocycles. The molecule has 0 aliphatic heterocycles. The lowest BCUT2D eigenvalue weighted by Gasteiger charge is -2.09. The molecule has 506 valence electrons. The molecule has 0 N–H and O–H groups in total. The van der Waals surface area contributed by atoms with E-state index in [1.54, 1.807) is 109 Å². The van der Waals surface area contributed by atoms with E-state index in [9.17, 15) is 48.1 Å². The minimum atomic E-state index is -0.517. The summed E-state index contributed by atoms with van der Waals surface area (Å²) in [6, 6.07) is 42.2. The van der Waals surface area contributed by atoms with Crippen LogP contribution in [-0.2, 0) is 28.9 Å². The summed E-state index contributed by atoms with van der Waals surface area (Å²) < 4.78 is 19.7. The maximum Gasteiger partial charge on any atom is 0.334 e. The van der Waals surface area contributed by atoms with Gasteiger partial charge in [0.2, 0.25) is 17.3 Å². The molecular formula is C77H84FN7O12. The fraction of sp³-hybridized carbons (Fsp3) is 0.325. The van der Waals surface area contributed by atoms with Gasteiger partial charge in [-0.2, -0.15) is 0 Å². The predicted molar refractivity (Wildman–Crippen MR) is 377 cm³/mol. The molecular weight excluding hydrogens is 1230 g/mol. The maximum atomic E-state index is 14.5. The number of Topliss-reactive ketones (excluding diaryl/α,β-unsaturated/α-hetero) is 4. The molecule has 0 saturated carbocycles. The largest absolute Gasteiger partial charge is 0.334 e. The molecule has 0 spiro atoms. The van der Waals surface area contributed by atoms with Crippen molar-refractivity contribution in [2.45, 2.75) is 164 Å². The Hall–Kier alpha value is -10.6. The number of unbranched alkanes of at least 4 members (excludes halogenated alkanes) is 9. The first-order valence-electron chi connectivity index (χ1n) is 33.3. The summed E-state index contributed by atoms with van der Waals surface area (Å²) in [6.45, 7) is 12.9. The highest BCUT2D eigenvalue weighted by Crippen LogP contribution is 2.33.